The minimum absolute atomic E-state index is 0. The highest BCUT2D eigenvalue weighted by atomic mass is 35.5. The van der Waals surface area contributed by atoms with E-state index in [-0.39, 0.29) is 12.4 Å². The lowest BCUT2D eigenvalue weighted by Gasteiger charge is -2.28. The summed E-state index contributed by atoms with van der Waals surface area (Å²) in [6, 6.07) is 0. The molecule has 0 aromatic heterocycles. The van der Waals surface area contributed by atoms with Crippen LogP contribution in [0.5, 0.6) is 0 Å². The van der Waals surface area contributed by atoms with Crippen molar-refractivity contribution in [3.05, 3.63) is 0 Å². The van der Waals surface area contributed by atoms with Crippen LogP contribution in [0.4, 0.5) is 0 Å². The third kappa shape index (κ3) is 3.75. The van der Waals surface area contributed by atoms with Crippen molar-refractivity contribution in [3.8, 4) is 0 Å². The molecular formula is C8H16ClN3OS. The Hall–Kier alpha value is -0.420. The molecular weight excluding hydrogens is 222 g/mol. The molecule has 1 heterocycles. The molecule has 4 nitrogen and oxygen atoms in total. The van der Waals surface area contributed by atoms with Gasteiger partial charge in [0.15, 0.2) is 0 Å². The van der Waals surface area contributed by atoms with Crippen LogP contribution in [0.15, 0.2) is 5.16 Å². The monoisotopic (exact) mass is 237 g/mol. The average molecular weight is 238 g/mol. The lowest BCUT2D eigenvalue weighted by Crippen LogP contribution is -2.39. The molecule has 0 unspecified atom stereocenters. The van der Waals surface area contributed by atoms with E-state index < -0.39 is 0 Å². The number of piperidine rings is 1. The molecule has 6 heteroatoms. The normalized spacial score (nSPS) is 15.9. The summed E-state index contributed by atoms with van der Waals surface area (Å²) < 4.78 is 0. The Labute approximate surface area is 96.0 Å². The first kappa shape index (κ1) is 13.6. The predicted molar refractivity (Wildman–Crippen MR) is 64.1 cm³/mol. The van der Waals surface area contributed by atoms with Gasteiger partial charge >= 0.3 is 0 Å². The summed E-state index contributed by atoms with van der Waals surface area (Å²) in [6.45, 7) is 1.73. The van der Waals surface area contributed by atoms with Crippen LogP contribution in [0.3, 0.4) is 0 Å². The molecule has 0 aromatic rings. The molecule has 0 bridgehead atoms. The highest BCUT2D eigenvalue weighted by molar-refractivity contribution is 7.81. The van der Waals surface area contributed by atoms with Crippen molar-refractivity contribution in [1.82, 2.24) is 4.90 Å². The molecule has 1 rings (SSSR count). The molecule has 0 radical (unpaired) electrons. The minimum Gasteiger partial charge on any atom is -0.399 e. The van der Waals surface area contributed by atoms with Crippen molar-refractivity contribution in [1.29, 1.82) is 5.41 Å². The Morgan fingerprint density at radius 1 is 1.57 bits per heavy atom. The fourth-order valence-corrected chi connectivity index (χ4v) is 1.56. The molecule has 1 fully saturated rings. The summed E-state index contributed by atoms with van der Waals surface area (Å²) in [5.41, 5.74) is 1.09. The van der Waals surface area contributed by atoms with Crippen molar-refractivity contribution in [2.75, 3.05) is 26.0 Å². The van der Waals surface area contributed by atoms with Gasteiger partial charge in [0.25, 0.3) is 0 Å². The van der Waals surface area contributed by atoms with Crippen molar-refractivity contribution >= 4 is 36.6 Å². The molecule has 14 heavy (non-hydrogen) atoms. The molecule has 0 spiro atoms. The summed E-state index contributed by atoms with van der Waals surface area (Å²) in [5.74, 6) is 1.11. The third-order valence-electron chi connectivity index (χ3n) is 2.09. The van der Waals surface area contributed by atoms with Crippen LogP contribution in [0.2, 0.25) is 0 Å². The van der Waals surface area contributed by atoms with E-state index in [9.17, 15) is 0 Å². The van der Waals surface area contributed by atoms with Gasteiger partial charge in [-0.2, -0.15) is 12.6 Å². The van der Waals surface area contributed by atoms with E-state index in [1.165, 1.54) is 0 Å². The van der Waals surface area contributed by atoms with Gasteiger partial charge in [0, 0.05) is 31.7 Å². The summed E-state index contributed by atoms with van der Waals surface area (Å²) in [6.07, 6.45) is 1.79. The number of amidine groups is 1. The van der Waals surface area contributed by atoms with Gasteiger partial charge in [-0.25, -0.2) is 0 Å². The number of likely N-dealkylation sites (tertiary alicyclic amines) is 1. The van der Waals surface area contributed by atoms with Crippen molar-refractivity contribution in [2.24, 2.45) is 5.16 Å². The van der Waals surface area contributed by atoms with Gasteiger partial charge in [0.05, 0.1) is 5.71 Å². The van der Waals surface area contributed by atoms with Gasteiger partial charge in [0.1, 0.15) is 12.9 Å². The third-order valence-corrected chi connectivity index (χ3v) is 2.39. The van der Waals surface area contributed by atoms with E-state index in [2.05, 4.69) is 17.8 Å². The smallest absolute Gasteiger partial charge is 0.106 e. The highest BCUT2D eigenvalue weighted by Gasteiger charge is 2.16. The Morgan fingerprint density at radius 2 is 2.14 bits per heavy atom. The number of halogens is 1. The van der Waals surface area contributed by atoms with E-state index >= 15 is 0 Å². The maximum atomic E-state index is 7.58. The predicted octanol–water partition coefficient (Wildman–Crippen LogP) is 1.41. The van der Waals surface area contributed by atoms with Crippen LogP contribution in [0, 0.1) is 5.41 Å². The summed E-state index contributed by atoms with van der Waals surface area (Å²) in [7, 11) is 1.56. The molecule has 1 saturated heterocycles. The molecule has 82 valence electrons. The summed E-state index contributed by atoms with van der Waals surface area (Å²) >= 11 is 4.07. The van der Waals surface area contributed by atoms with Crippen LogP contribution in [0.1, 0.15) is 12.8 Å². The van der Waals surface area contributed by atoms with E-state index in [4.69, 9.17) is 10.2 Å². The Morgan fingerprint density at radius 3 is 2.57 bits per heavy atom. The number of nitrogens with one attached hydrogen (secondary N) is 1. The Bertz CT molecular complexity index is 213. The largest absolute Gasteiger partial charge is 0.399 e. The second kappa shape index (κ2) is 6.95. The highest BCUT2D eigenvalue weighted by Crippen LogP contribution is 2.08. The van der Waals surface area contributed by atoms with Crippen LogP contribution in [-0.4, -0.2) is 42.4 Å². The maximum absolute atomic E-state index is 7.58. The van der Waals surface area contributed by atoms with Crippen LogP contribution in [-0.2, 0) is 4.84 Å². The second-order valence-corrected chi connectivity index (χ2v) is 3.25. The van der Waals surface area contributed by atoms with Gasteiger partial charge in [-0.05, 0) is 0 Å². The van der Waals surface area contributed by atoms with Gasteiger partial charge in [-0.15, -0.1) is 12.4 Å². The van der Waals surface area contributed by atoms with Crippen molar-refractivity contribution in [2.45, 2.75) is 12.8 Å². The average Bonchev–Trinajstić information content (AvgIpc) is 2.18. The number of nitrogens with zero attached hydrogens (tertiary/aromatic N) is 2. The number of oxime groups is 1. The zero-order valence-corrected chi connectivity index (χ0v) is 9.90. The first-order valence-corrected chi connectivity index (χ1v) is 4.93. The lowest BCUT2D eigenvalue weighted by molar-refractivity contribution is 0.209. The van der Waals surface area contributed by atoms with E-state index in [1.54, 1.807) is 7.11 Å². The zero-order valence-electron chi connectivity index (χ0n) is 8.19. The van der Waals surface area contributed by atoms with E-state index in [0.29, 0.717) is 11.6 Å². The first-order valence-electron chi connectivity index (χ1n) is 4.30. The number of thiol groups is 1. The van der Waals surface area contributed by atoms with Crippen molar-refractivity contribution < 1.29 is 4.84 Å². The van der Waals surface area contributed by atoms with Crippen molar-refractivity contribution in [3.63, 3.8) is 0 Å². The van der Waals surface area contributed by atoms with E-state index in [0.717, 1.165) is 31.6 Å². The SMILES string of the molecule is CON=C1CCN(C(=N)CS)CC1.Cl. The van der Waals surface area contributed by atoms with Gasteiger partial charge in [-0.3, -0.25) is 5.41 Å². The minimum atomic E-state index is 0. The topological polar surface area (TPSA) is 48.7 Å². The molecule has 0 aliphatic carbocycles. The molecule has 1 aliphatic rings. The van der Waals surface area contributed by atoms with Crippen LogP contribution >= 0.6 is 25.0 Å². The quantitative estimate of drug-likeness (QED) is 0.330. The number of rotatable bonds is 2. The van der Waals surface area contributed by atoms with Gasteiger partial charge in [0.2, 0.25) is 0 Å². The second-order valence-electron chi connectivity index (χ2n) is 2.93. The van der Waals surface area contributed by atoms with Crippen LogP contribution in [0.25, 0.3) is 0 Å². The Kier molecular flexibility index (Phi) is 6.74. The molecule has 0 amide bonds. The lowest BCUT2D eigenvalue weighted by atomic mass is 10.1. The van der Waals surface area contributed by atoms with Crippen LogP contribution < -0.4 is 0 Å². The van der Waals surface area contributed by atoms with Gasteiger partial charge in [-0.1, -0.05) is 5.16 Å². The summed E-state index contributed by atoms with van der Waals surface area (Å²) in [4.78, 5) is 6.73. The molecule has 1 N–H and O–H groups in total. The standard InChI is InChI=1S/C8H15N3OS.ClH/c1-12-10-7-2-4-11(5-3-7)8(9)6-13;/h9,13H,2-6H2,1H3;1H. The first-order chi connectivity index (χ1) is 6.27. The van der Waals surface area contributed by atoms with E-state index in [1.807, 2.05) is 4.90 Å². The maximum Gasteiger partial charge on any atom is 0.106 e. The zero-order chi connectivity index (χ0) is 9.68. The molecule has 0 aromatic carbocycles. The number of hydrogen-bond acceptors (Lipinski definition) is 4. The number of hydrogen-bond donors (Lipinski definition) is 2. The molecule has 0 saturated carbocycles. The molecule has 0 atom stereocenters. The fourth-order valence-electron chi connectivity index (χ4n) is 1.36. The molecule has 1 aliphatic heterocycles. The summed E-state index contributed by atoms with van der Waals surface area (Å²) in [5, 5.41) is 11.5. The Balaban J connectivity index is 0.00000169. The fraction of sp³-hybridized carbons (Fsp3) is 0.750. The van der Waals surface area contributed by atoms with Gasteiger partial charge < -0.3 is 9.74 Å².